The molecule has 0 unspecified atom stereocenters. The highest BCUT2D eigenvalue weighted by Gasteiger charge is 2.24. The Kier molecular flexibility index (Phi) is 4.50. The Bertz CT molecular complexity index is 514. The maximum atomic E-state index is 11.8. The van der Waals surface area contributed by atoms with Crippen molar-refractivity contribution in [2.45, 2.75) is 32.3 Å². The second-order valence-electron chi connectivity index (χ2n) is 4.59. The first kappa shape index (κ1) is 14.2. The van der Waals surface area contributed by atoms with E-state index < -0.39 is 24.0 Å². The molecule has 20 heavy (non-hydrogen) atoms. The average molecular weight is 276 g/mol. The largest absolute Gasteiger partial charge is 0.490 e. The molecule has 106 valence electrons. The zero-order chi connectivity index (χ0) is 14.5. The van der Waals surface area contributed by atoms with Crippen molar-refractivity contribution in [2.24, 2.45) is 0 Å². The molecule has 0 radical (unpaired) electrons. The molecule has 0 aromatic heterocycles. The SMILES string of the molecule is CCOC(=O)C(=O)CC(=O)c1ccc(OC2CC2)cc1. The van der Waals surface area contributed by atoms with Crippen molar-refractivity contribution in [1.29, 1.82) is 0 Å². The van der Waals surface area contributed by atoms with Gasteiger partial charge in [-0.3, -0.25) is 9.59 Å². The van der Waals surface area contributed by atoms with Gasteiger partial charge in [-0.05, 0) is 44.0 Å². The number of benzene rings is 1. The Balaban J connectivity index is 1.91. The predicted octanol–water partition coefficient (Wildman–Crippen LogP) is 1.93. The van der Waals surface area contributed by atoms with E-state index in [0.29, 0.717) is 17.4 Å². The summed E-state index contributed by atoms with van der Waals surface area (Å²) in [6, 6.07) is 6.58. The summed E-state index contributed by atoms with van der Waals surface area (Å²) in [5.41, 5.74) is 0.380. The summed E-state index contributed by atoms with van der Waals surface area (Å²) in [4.78, 5) is 34.4. The normalized spacial score (nSPS) is 13.7. The van der Waals surface area contributed by atoms with Crippen LogP contribution in [0.25, 0.3) is 0 Å². The van der Waals surface area contributed by atoms with Gasteiger partial charge >= 0.3 is 5.97 Å². The van der Waals surface area contributed by atoms with Crippen molar-refractivity contribution < 1.29 is 23.9 Å². The lowest BCUT2D eigenvalue weighted by Crippen LogP contribution is -2.20. The molecule has 1 fully saturated rings. The Morgan fingerprint density at radius 2 is 1.80 bits per heavy atom. The molecule has 0 heterocycles. The maximum absolute atomic E-state index is 11.8. The second kappa shape index (κ2) is 6.32. The van der Waals surface area contributed by atoms with Gasteiger partial charge in [0.05, 0.1) is 19.1 Å². The number of hydrogen-bond donors (Lipinski definition) is 0. The van der Waals surface area contributed by atoms with E-state index in [0.717, 1.165) is 12.8 Å². The van der Waals surface area contributed by atoms with Gasteiger partial charge in [0.2, 0.25) is 5.78 Å². The lowest BCUT2D eigenvalue weighted by atomic mass is 10.1. The molecule has 2 rings (SSSR count). The Morgan fingerprint density at radius 1 is 1.15 bits per heavy atom. The predicted molar refractivity (Wildman–Crippen MR) is 70.7 cm³/mol. The van der Waals surface area contributed by atoms with Crippen LogP contribution in [0.4, 0.5) is 0 Å². The van der Waals surface area contributed by atoms with Crippen LogP contribution in [-0.4, -0.2) is 30.2 Å². The molecular formula is C15H16O5. The maximum Gasteiger partial charge on any atom is 0.375 e. The van der Waals surface area contributed by atoms with E-state index in [1.165, 1.54) is 0 Å². The summed E-state index contributed by atoms with van der Waals surface area (Å²) in [5.74, 6) is -1.48. The third-order valence-corrected chi connectivity index (χ3v) is 2.83. The number of carbonyl (C=O) groups excluding carboxylic acids is 3. The number of ether oxygens (including phenoxy) is 2. The molecule has 1 aliphatic carbocycles. The Labute approximate surface area is 116 Å². The van der Waals surface area contributed by atoms with Gasteiger partial charge in [-0.2, -0.15) is 0 Å². The molecule has 5 nitrogen and oxygen atoms in total. The Hall–Kier alpha value is -2.17. The molecule has 0 spiro atoms. The summed E-state index contributed by atoms with van der Waals surface area (Å²) in [6.45, 7) is 1.72. The van der Waals surface area contributed by atoms with E-state index in [1.54, 1.807) is 31.2 Å². The molecular weight excluding hydrogens is 260 g/mol. The molecule has 1 aliphatic rings. The summed E-state index contributed by atoms with van der Waals surface area (Å²) >= 11 is 0. The molecule has 0 saturated heterocycles. The van der Waals surface area contributed by atoms with E-state index >= 15 is 0 Å². The zero-order valence-corrected chi connectivity index (χ0v) is 11.3. The van der Waals surface area contributed by atoms with E-state index in [9.17, 15) is 14.4 Å². The molecule has 0 atom stereocenters. The van der Waals surface area contributed by atoms with Gasteiger partial charge < -0.3 is 9.47 Å². The summed E-state index contributed by atoms with van der Waals surface area (Å²) in [5, 5.41) is 0. The summed E-state index contributed by atoms with van der Waals surface area (Å²) in [6.07, 6.45) is 1.95. The highest BCUT2D eigenvalue weighted by atomic mass is 16.5. The number of hydrogen-bond acceptors (Lipinski definition) is 5. The fourth-order valence-electron chi connectivity index (χ4n) is 1.63. The van der Waals surface area contributed by atoms with E-state index in [1.807, 2.05) is 0 Å². The van der Waals surface area contributed by atoms with Crippen LogP contribution >= 0.6 is 0 Å². The highest BCUT2D eigenvalue weighted by Crippen LogP contribution is 2.26. The molecule has 1 aromatic carbocycles. The minimum absolute atomic E-state index is 0.117. The van der Waals surface area contributed by atoms with Gasteiger partial charge in [-0.15, -0.1) is 0 Å². The number of carbonyl (C=O) groups is 3. The highest BCUT2D eigenvalue weighted by molar-refractivity contribution is 6.38. The number of ketones is 2. The smallest absolute Gasteiger partial charge is 0.375 e. The van der Waals surface area contributed by atoms with E-state index in [4.69, 9.17) is 4.74 Å². The van der Waals surface area contributed by atoms with Crippen molar-refractivity contribution in [3.63, 3.8) is 0 Å². The lowest BCUT2D eigenvalue weighted by Gasteiger charge is -2.05. The molecule has 0 N–H and O–H groups in total. The molecule has 1 aromatic rings. The zero-order valence-electron chi connectivity index (χ0n) is 11.3. The van der Waals surface area contributed by atoms with Crippen LogP contribution < -0.4 is 4.74 Å². The van der Waals surface area contributed by atoms with Crippen molar-refractivity contribution in [3.05, 3.63) is 29.8 Å². The fourth-order valence-corrected chi connectivity index (χ4v) is 1.63. The third kappa shape index (κ3) is 3.91. The van der Waals surface area contributed by atoms with Crippen molar-refractivity contribution in [3.8, 4) is 5.75 Å². The van der Waals surface area contributed by atoms with E-state index in [-0.39, 0.29) is 6.61 Å². The summed E-state index contributed by atoms with van der Waals surface area (Å²) in [7, 11) is 0. The van der Waals surface area contributed by atoms with Crippen LogP contribution in [0.2, 0.25) is 0 Å². The second-order valence-corrected chi connectivity index (χ2v) is 4.59. The van der Waals surface area contributed by atoms with Crippen LogP contribution in [0.15, 0.2) is 24.3 Å². The molecule has 0 amide bonds. The topological polar surface area (TPSA) is 69.7 Å². The van der Waals surface area contributed by atoms with Crippen molar-refractivity contribution in [1.82, 2.24) is 0 Å². The molecule has 0 aliphatic heterocycles. The third-order valence-electron chi connectivity index (χ3n) is 2.83. The number of rotatable bonds is 7. The first-order chi connectivity index (χ1) is 9.60. The fraction of sp³-hybridized carbons (Fsp3) is 0.400. The van der Waals surface area contributed by atoms with Gasteiger partial charge in [0.1, 0.15) is 5.75 Å². The Morgan fingerprint density at radius 3 is 2.35 bits per heavy atom. The van der Waals surface area contributed by atoms with Gasteiger partial charge in [-0.25, -0.2) is 4.79 Å². The minimum Gasteiger partial charge on any atom is -0.490 e. The van der Waals surface area contributed by atoms with Gasteiger partial charge in [0, 0.05) is 5.56 Å². The monoisotopic (exact) mass is 276 g/mol. The quantitative estimate of drug-likeness (QED) is 0.329. The van der Waals surface area contributed by atoms with Crippen LogP contribution in [-0.2, 0) is 14.3 Å². The van der Waals surface area contributed by atoms with Gasteiger partial charge in [0.25, 0.3) is 0 Å². The molecule has 1 saturated carbocycles. The van der Waals surface area contributed by atoms with Crippen LogP contribution in [0, 0.1) is 0 Å². The first-order valence-corrected chi connectivity index (χ1v) is 6.60. The summed E-state index contributed by atoms with van der Waals surface area (Å²) < 4.78 is 10.1. The van der Waals surface area contributed by atoms with Gasteiger partial charge in [0.15, 0.2) is 5.78 Å². The van der Waals surface area contributed by atoms with E-state index in [2.05, 4.69) is 4.74 Å². The average Bonchev–Trinajstić information content (AvgIpc) is 3.23. The van der Waals surface area contributed by atoms with Crippen LogP contribution in [0.3, 0.4) is 0 Å². The number of esters is 1. The molecule has 0 bridgehead atoms. The molecule has 5 heteroatoms. The lowest BCUT2D eigenvalue weighted by molar-refractivity contribution is -0.153. The van der Waals surface area contributed by atoms with Crippen LogP contribution in [0.5, 0.6) is 5.75 Å². The van der Waals surface area contributed by atoms with Crippen molar-refractivity contribution >= 4 is 17.5 Å². The van der Waals surface area contributed by atoms with Gasteiger partial charge in [-0.1, -0.05) is 0 Å². The van der Waals surface area contributed by atoms with Crippen molar-refractivity contribution in [2.75, 3.05) is 6.61 Å². The van der Waals surface area contributed by atoms with Crippen LogP contribution in [0.1, 0.15) is 36.5 Å². The standard InChI is InChI=1S/C15H16O5/c1-2-19-15(18)14(17)9-13(16)10-3-5-11(6-4-10)20-12-7-8-12/h3-6,12H,2,7-9H2,1H3. The minimum atomic E-state index is -0.963. The first-order valence-electron chi connectivity index (χ1n) is 6.60. The number of Topliss-reactive ketones (excluding diaryl/α,β-unsaturated/α-hetero) is 2.